The van der Waals surface area contributed by atoms with E-state index in [1.165, 1.54) is 0 Å². The van der Waals surface area contributed by atoms with Gasteiger partial charge in [-0.3, -0.25) is 10.8 Å². The minimum absolute atomic E-state index is 0.0486. The topological polar surface area (TPSA) is 69.4 Å². The maximum atomic E-state index is 5.65. The van der Waals surface area contributed by atoms with Crippen LogP contribution in [0.25, 0.3) is 10.9 Å². The van der Waals surface area contributed by atoms with Gasteiger partial charge in [0.15, 0.2) is 11.5 Å². The summed E-state index contributed by atoms with van der Waals surface area (Å²) in [6.07, 6.45) is 0. The summed E-state index contributed by atoms with van der Waals surface area (Å²) in [5.74, 6) is 7.14. The molecule has 0 saturated heterocycles. The highest BCUT2D eigenvalue weighted by Gasteiger charge is 2.20. The maximum absolute atomic E-state index is 5.65. The van der Waals surface area contributed by atoms with Crippen molar-refractivity contribution in [1.29, 1.82) is 0 Å². The molecular weight excluding hydrogens is 254 g/mol. The summed E-state index contributed by atoms with van der Waals surface area (Å²) in [5, 5.41) is 0.935. The highest BCUT2D eigenvalue weighted by atomic mass is 16.6. The van der Waals surface area contributed by atoms with Crippen molar-refractivity contribution in [2.24, 2.45) is 5.84 Å². The molecule has 1 aromatic carbocycles. The van der Waals surface area contributed by atoms with Crippen LogP contribution in [-0.2, 0) is 5.41 Å². The molecule has 0 spiro atoms. The number of nitrogens with two attached hydrogens (primary N) is 1. The second-order valence-electron chi connectivity index (χ2n) is 5.96. The Morgan fingerprint density at radius 2 is 1.75 bits per heavy atom. The van der Waals surface area contributed by atoms with Crippen LogP contribution in [0, 0.1) is 0 Å². The third-order valence-electron chi connectivity index (χ3n) is 3.40. The molecule has 1 aromatic heterocycles. The van der Waals surface area contributed by atoms with E-state index in [9.17, 15) is 0 Å². The van der Waals surface area contributed by atoms with E-state index in [2.05, 4.69) is 26.2 Å². The van der Waals surface area contributed by atoms with Crippen molar-refractivity contribution >= 4 is 16.6 Å². The molecule has 0 fully saturated rings. The number of rotatable bonds is 1. The first-order valence-electron chi connectivity index (χ1n) is 6.70. The van der Waals surface area contributed by atoms with Crippen molar-refractivity contribution in [2.75, 3.05) is 18.6 Å². The van der Waals surface area contributed by atoms with Crippen LogP contribution in [0.5, 0.6) is 11.5 Å². The van der Waals surface area contributed by atoms with Crippen molar-refractivity contribution in [3.63, 3.8) is 0 Å². The summed E-state index contributed by atoms with van der Waals surface area (Å²) in [6, 6.07) is 5.83. The number of anilines is 1. The van der Waals surface area contributed by atoms with Gasteiger partial charge in [-0.15, -0.1) is 0 Å². The van der Waals surface area contributed by atoms with E-state index >= 15 is 0 Å². The van der Waals surface area contributed by atoms with Crippen LogP contribution in [0.2, 0.25) is 0 Å². The van der Waals surface area contributed by atoms with Gasteiger partial charge >= 0.3 is 0 Å². The average molecular weight is 273 g/mol. The predicted molar refractivity (Wildman–Crippen MR) is 79.2 cm³/mol. The molecular formula is C15H19N3O2. The third-order valence-corrected chi connectivity index (χ3v) is 3.40. The van der Waals surface area contributed by atoms with Crippen molar-refractivity contribution in [1.82, 2.24) is 4.98 Å². The number of benzene rings is 1. The number of nitrogens with one attached hydrogen (secondary N) is 1. The van der Waals surface area contributed by atoms with Crippen LogP contribution in [-0.4, -0.2) is 18.2 Å². The molecule has 0 aliphatic carbocycles. The summed E-state index contributed by atoms with van der Waals surface area (Å²) in [4.78, 5) is 4.73. The quantitative estimate of drug-likeness (QED) is 0.617. The Balaban J connectivity index is 2.26. The molecule has 5 nitrogen and oxygen atoms in total. The smallest absolute Gasteiger partial charge is 0.163 e. The number of aromatic nitrogens is 1. The number of fused-ring (bicyclic) bond motifs is 2. The molecule has 3 N–H and O–H groups in total. The number of nitrogen functional groups attached to an aromatic ring is 1. The fraction of sp³-hybridized carbons (Fsp3) is 0.400. The number of hydrazine groups is 1. The maximum Gasteiger partial charge on any atom is 0.163 e. The molecule has 3 rings (SSSR count). The molecule has 0 atom stereocenters. The Hall–Kier alpha value is -2.01. The number of nitrogens with zero attached hydrogens (tertiary/aromatic N) is 1. The molecule has 0 unspecified atom stereocenters. The van der Waals surface area contributed by atoms with Gasteiger partial charge in [-0.25, -0.2) is 0 Å². The van der Waals surface area contributed by atoms with Gasteiger partial charge in [-0.2, -0.15) is 0 Å². The number of hydrogen-bond acceptors (Lipinski definition) is 5. The normalized spacial score (nSPS) is 14.4. The van der Waals surface area contributed by atoms with Gasteiger partial charge in [0.2, 0.25) is 0 Å². The van der Waals surface area contributed by atoms with Gasteiger partial charge in [0.25, 0.3) is 0 Å². The summed E-state index contributed by atoms with van der Waals surface area (Å²) in [7, 11) is 0. The Labute approximate surface area is 118 Å². The summed E-state index contributed by atoms with van der Waals surface area (Å²) < 4.78 is 11.2. The van der Waals surface area contributed by atoms with E-state index in [4.69, 9.17) is 20.3 Å². The Bertz CT molecular complexity index is 662. The van der Waals surface area contributed by atoms with E-state index in [1.54, 1.807) is 0 Å². The van der Waals surface area contributed by atoms with E-state index in [0.717, 1.165) is 33.8 Å². The van der Waals surface area contributed by atoms with Crippen molar-refractivity contribution in [2.45, 2.75) is 26.2 Å². The van der Waals surface area contributed by atoms with E-state index in [-0.39, 0.29) is 5.41 Å². The van der Waals surface area contributed by atoms with E-state index in [0.29, 0.717) is 13.2 Å². The van der Waals surface area contributed by atoms with Crippen molar-refractivity contribution in [3.8, 4) is 11.5 Å². The molecule has 1 aliphatic rings. The standard InChI is InChI=1S/C15H19N3O2/c1-15(2,3)14-8-11(18-16)9-6-12-13(7-10(9)17-14)20-5-4-19-12/h6-8H,4-5,16H2,1-3H3,(H,17,18). The van der Waals surface area contributed by atoms with Crippen LogP contribution in [0.4, 0.5) is 5.69 Å². The van der Waals surface area contributed by atoms with Crippen LogP contribution in [0.15, 0.2) is 18.2 Å². The molecule has 0 radical (unpaired) electrons. The van der Waals surface area contributed by atoms with Crippen molar-refractivity contribution in [3.05, 3.63) is 23.9 Å². The van der Waals surface area contributed by atoms with Gasteiger partial charge in [0.1, 0.15) is 13.2 Å². The molecule has 1 aliphatic heterocycles. The molecule has 106 valence electrons. The van der Waals surface area contributed by atoms with Gasteiger partial charge in [-0.05, 0) is 12.1 Å². The monoisotopic (exact) mass is 273 g/mol. The van der Waals surface area contributed by atoms with Crippen molar-refractivity contribution < 1.29 is 9.47 Å². The molecule has 20 heavy (non-hydrogen) atoms. The summed E-state index contributed by atoms with van der Waals surface area (Å²) >= 11 is 0. The number of pyridine rings is 1. The largest absolute Gasteiger partial charge is 0.486 e. The lowest BCUT2D eigenvalue weighted by molar-refractivity contribution is 0.172. The van der Waals surface area contributed by atoms with Crippen LogP contribution < -0.4 is 20.7 Å². The van der Waals surface area contributed by atoms with Crippen LogP contribution in [0.1, 0.15) is 26.5 Å². The molecule has 0 bridgehead atoms. The van der Waals surface area contributed by atoms with Gasteiger partial charge in [0, 0.05) is 22.6 Å². The fourth-order valence-electron chi connectivity index (χ4n) is 2.27. The average Bonchev–Trinajstić information content (AvgIpc) is 2.42. The number of ether oxygens (including phenoxy) is 2. The van der Waals surface area contributed by atoms with Gasteiger partial charge in [0.05, 0.1) is 11.2 Å². The van der Waals surface area contributed by atoms with Crippen LogP contribution in [0.3, 0.4) is 0 Å². The third kappa shape index (κ3) is 2.14. The van der Waals surface area contributed by atoms with Crippen LogP contribution >= 0.6 is 0 Å². The highest BCUT2D eigenvalue weighted by molar-refractivity contribution is 5.94. The highest BCUT2D eigenvalue weighted by Crippen LogP contribution is 2.37. The second kappa shape index (κ2) is 4.52. The SMILES string of the molecule is CC(C)(C)c1cc(NN)c2cc3c(cc2n1)OCCO3. The Morgan fingerprint density at radius 1 is 1.10 bits per heavy atom. The van der Waals surface area contributed by atoms with Gasteiger partial charge < -0.3 is 14.9 Å². The lowest BCUT2D eigenvalue weighted by Gasteiger charge is -2.22. The zero-order valence-electron chi connectivity index (χ0n) is 12.0. The zero-order chi connectivity index (χ0) is 14.3. The molecule has 0 amide bonds. The lowest BCUT2D eigenvalue weighted by Crippen LogP contribution is -2.17. The fourth-order valence-corrected chi connectivity index (χ4v) is 2.27. The lowest BCUT2D eigenvalue weighted by atomic mass is 9.90. The zero-order valence-corrected chi connectivity index (χ0v) is 12.0. The Kier molecular flexibility index (Phi) is 2.94. The first-order chi connectivity index (χ1) is 9.49. The van der Waals surface area contributed by atoms with Gasteiger partial charge in [-0.1, -0.05) is 20.8 Å². The predicted octanol–water partition coefficient (Wildman–Crippen LogP) is 2.59. The minimum atomic E-state index is -0.0486. The molecule has 5 heteroatoms. The first-order valence-corrected chi connectivity index (χ1v) is 6.70. The van der Waals surface area contributed by atoms with E-state index < -0.39 is 0 Å². The number of hydrogen-bond donors (Lipinski definition) is 2. The summed E-state index contributed by atoms with van der Waals surface area (Å²) in [5.41, 5.74) is 5.39. The molecule has 2 heterocycles. The molecule has 0 saturated carbocycles. The first kappa shape index (κ1) is 13.0. The summed E-state index contributed by atoms with van der Waals surface area (Å²) in [6.45, 7) is 7.51. The van der Waals surface area contributed by atoms with E-state index in [1.807, 2.05) is 18.2 Å². The molecule has 2 aromatic rings. The minimum Gasteiger partial charge on any atom is -0.486 e. The Morgan fingerprint density at radius 3 is 2.35 bits per heavy atom. The second-order valence-corrected chi connectivity index (χ2v) is 5.96.